The Hall–Kier alpha value is -0.970. The van der Waals surface area contributed by atoms with Crippen molar-refractivity contribution in [1.82, 2.24) is 25.9 Å². The first-order valence-electron chi connectivity index (χ1n) is 4.34. The van der Waals surface area contributed by atoms with Crippen molar-refractivity contribution in [2.24, 2.45) is 5.41 Å². The normalized spacial score (nSPS) is 17.0. The van der Waals surface area contributed by atoms with Gasteiger partial charge in [-0.3, -0.25) is 0 Å². The SMILES string of the molecule is CNC(C)(c1nn[nH]n1)C(C)(C)C. The first-order chi connectivity index (χ1) is 5.92. The van der Waals surface area contributed by atoms with Crippen LogP contribution in [-0.4, -0.2) is 27.7 Å². The third-order valence-corrected chi connectivity index (χ3v) is 2.79. The number of hydrogen-bond donors (Lipinski definition) is 2. The van der Waals surface area contributed by atoms with Crippen LogP contribution in [0.25, 0.3) is 0 Å². The lowest BCUT2D eigenvalue weighted by Gasteiger charge is -2.38. The molecule has 1 heterocycles. The number of tetrazole rings is 1. The molecule has 2 N–H and O–H groups in total. The van der Waals surface area contributed by atoms with E-state index in [0.29, 0.717) is 5.82 Å². The molecule has 5 heteroatoms. The summed E-state index contributed by atoms with van der Waals surface area (Å²) < 4.78 is 0. The zero-order valence-electron chi connectivity index (χ0n) is 8.84. The van der Waals surface area contributed by atoms with E-state index < -0.39 is 0 Å². The predicted octanol–water partition coefficient (Wildman–Crippen LogP) is 0.680. The number of hydrogen-bond acceptors (Lipinski definition) is 4. The average Bonchev–Trinajstić information content (AvgIpc) is 2.52. The highest BCUT2D eigenvalue weighted by Crippen LogP contribution is 2.36. The first kappa shape index (κ1) is 10.1. The summed E-state index contributed by atoms with van der Waals surface area (Å²) in [6.07, 6.45) is 0. The van der Waals surface area contributed by atoms with Crippen molar-refractivity contribution in [1.29, 1.82) is 0 Å². The van der Waals surface area contributed by atoms with Crippen LogP contribution in [0.2, 0.25) is 0 Å². The maximum absolute atomic E-state index is 4.02. The second-order valence-corrected chi connectivity index (χ2v) is 4.36. The molecule has 0 amide bonds. The summed E-state index contributed by atoms with van der Waals surface area (Å²) in [4.78, 5) is 0. The van der Waals surface area contributed by atoms with Crippen LogP contribution in [0.3, 0.4) is 0 Å². The summed E-state index contributed by atoms with van der Waals surface area (Å²) >= 11 is 0. The number of H-pyrrole nitrogens is 1. The standard InChI is InChI=1S/C8H17N5/c1-7(2,3)8(4,9-5)6-10-12-13-11-6/h9H,1-5H3,(H,10,11,12,13). The van der Waals surface area contributed by atoms with Crippen molar-refractivity contribution < 1.29 is 0 Å². The second-order valence-electron chi connectivity index (χ2n) is 4.36. The van der Waals surface area contributed by atoms with Crippen molar-refractivity contribution in [2.45, 2.75) is 33.2 Å². The number of nitrogens with zero attached hydrogens (tertiary/aromatic N) is 3. The fraction of sp³-hybridized carbons (Fsp3) is 0.875. The van der Waals surface area contributed by atoms with Gasteiger partial charge in [-0.2, -0.15) is 5.21 Å². The number of aromatic amines is 1. The van der Waals surface area contributed by atoms with Gasteiger partial charge in [0.25, 0.3) is 0 Å². The van der Waals surface area contributed by atoms with Crippen LogP contribution >= 0.6 is 0 Å². The molecule has 0 radical (unpaired) electrons. The fourth-order valence-electron chi connectivity index (χ4n) is 1.20. The molecule has 0 saturated heterocycles. The Balaban J connectivity index is 3.09. The fourth-order valence-corrected chi connectivity index (χ4v) is 1.20. The molecule has 74 valence electrons. The molecule has 13 heavy (non-hydrogen) atoms. The molecule has 1 rings (SSSR count). The van der Waals surface area contributed by atoms with E-state index in [1.165, 1.54) is 0 Å². The summed E-state index contributed by atoms with van der Waals surface area (Å²) in [5, 5.41) is 17.3. The van der Waals surface area contributed by atoms with Crippen molar-refractivity contribution in [3.05, 3.63) is 5.82 Å². The van der Waals surface area contributed by atoms with Crippen molar-refractivity contribution in [3.63, 3.8) is 0 Å². The van der Waals surface area contributed by atoms with Gasteiger partial charge in [-0.05, 0) is 19.4 Å². The van der Waals surface area contributed by atoms with Gasteiger partial charge < -0.3 is 5.32 Å². The Morgan fingerprint density at radius 1 is 1.23 bits per heavy atom. The molecule has 0 spiro atoms. The van der Waals surface area contributed by atoms with E-state index >= 15 is 0 Å². The maximum atomic E-state index is 4.02. The molecule has 0 saturated carbocycles. The molecule has 0 aliphatic heterocycles. The summed E-state index contributed by atoms with van der Waals surface area (Å²) in [6, 6.07) is 0. The minimum Gasteiger partial charge on any atom is -0.308 e. The lowest BCUT2D eigenvalue weighted by Crippen LogP contribution is -2.48. The third kappa shape index (κ3) is 1.56. The largest absolute Gasteiger partial charge is 0.308 e. The monoisotopic (exact) mass is 183 g/mol. The molecule has 0 fully saturated rings. The van der Waals surface area contributed by atoms with E-state index in [9.17, 15) is 0 Å². The number of rotatable bonds is 2. The Morgan fingerprint density at radius 2 is 1.85 bits per heavy atom. The van der Waals surface area contributed by atoms with Crippen molar-refractivity contribution >= 4 is 0 Å². The summed E-state index contributed by atoms with van der Waals surface area (Å²) in [5.74, 6) is 0.697. The van der Waals surface area contributed by atoms with Gasteiger partial charge in [0.15, 0.2) is 5.82 Å². The van der Waals surface area contributed by atoms with Gasteiger partial charge in [0, 0.05) is 0 Å². The Labute approximate surface area is 78.3 Å². The molecular weight excluding hydrogens is 166 g/mol. The topological polar surface area (TPSA) is 66.5 Å². The lowest BCUT2D eigenvalue weighted by molar-refractivity contribution is 0.157. The number of nitrogens with one attached hydrogen (secondary N) is 2. The Bertz CT molecular complexity index is 261. The van der Waals surface area contributed by atoms with Crippen molar-refractivity contribution in [3.8, 4) is 0 Å². The molecule has 0 aliphatic rings. The summed E-state index contributed by atoms with van der Waals surface area (Å²) in [5.41, 5.74) is -0.231. The molecule has 0 aromatic carbocycles. The first-order valence-corrected chi connectivity index (χ1v) is 4.34. The van der Waals surface area contributed by atoms with Crippen molar-refractivity contribution in [2.75, 3.05) is 7.05 Å². The Kier molecular flexibility index (Phi) is 2.38. The maximum Gasteiger partial charge on any atom is 0.194 e. The quantitative estimate of drug-likeness (QED) is 0.707. The molecule has 0 aliphatic carbocycles. The van der Waals surface area contributed by atoms with E-state index in [4.69, 9.17) is 0 Å². The number of aromatic nitrogens is 4. The smallest absolute Gasteiger partial charge is 0.194 e. The highest BCUT2D eigenvalue weighted by Gasteiger charge is 2.41. The van der Waals surface area contributed by atoms with Crippen LogP contribution in [0.4, 0.5) is 0 Å². The van der Waals surface area contributed by atoms with Crippen LogP contribution < -0.4 is 5.32 Å². The van der Waals surface area contributed by atoms with E-state index in [2.05, 4.69) is 53.6 Å². The zero-order valence-corrected chi connectivity index (χ0v) is 8.84. The van der Waals surface area contributed by atoms with Gasteiger partial charge in [-0.15, -0.1) is 10.2 Å². The molecule has 1 aromatic rings. The lowest BCUT2D eigenvalue weighted by atomic mass is 9.74. The van der Waals surface area contributed by atoms with E-state index in [0.717, 1.165) is 0 Å². The van der Waals surface area contributed by atoms with Gasteiger partial charge in [0.05, 0.1) is 5.54 Å². The van der Waals surface area contributed by atoms with Gasteiger partial charge in [-0.25, -0.2) is 0 Å². The predicted molar refractivity (Wildman–Crippen MR) is 50.0 cm³/mol. The Morgan fingerprint density at radius 3 is 2.15 bits per heavy atom. The highest BCUT2D eigenvalue weighted by molar-refractivity contribution is 5.06. The molecule has 1 unspecified atom stereocenters. The highest BCUT2D eigenvalue weighted by atomic mass is 15.5. The molecule has 5 nitrogen and oxygen atoms in total. The van der Waals surface area contributed by atoms with Crippen LogP contribution in [-0.2, 0) is 5.54 Å². The minimum absolute atomic E-state index is 0.0334. The van der Waals surface area contributed by atoms with Crippen LogP contribution in [0.1, 0.15) is 33.5 Å². The molecule has 0 bridgehead atoms. The van der Waals surface area contributed by atoms with E-state index in [-0.39, 0.29) is 11.0 Å². The summed E-state index contributed by atoms with van der Waals surface area (Å²) in [6.45, 7) is 8.48. The van der Waals surface area contributed by atoms with Gasteiger partial charge >= 0.3 is 0 Å². The van der Waals surface area contributed by atoms with Gasteiger partial charge in [0.2, 0.25) is 0 Å². The molecule has 1 atom stereocenters. The van der Waals surface area contributed by atoms with Gasteiger partial charge in [0.1, 0.15) is 0 Å². The third-order valence-electron chi connectivity index (χ3n) is 2.79. The molecule has 1 aromatic heterocycles. The zero-order chi connectivity index (χ0) is 10.1. The van der Waals surface area contributed by atoms with E-state index in [1.54, 1.807) is 0 Å². The average molecular weight is 183 g/mol. The minimum atomic E-state index is -0.264. The molecular formula is C8H17N5. The van der Waals surface area contributed by atoms with Crippen LogP contribution in [0, 0.1) is 5.41 Å². The summed E-state index contributed by atoms with van der Waals surface area (Å²) in [7, 11) is 1.90. The second kappa shape index (κ2) is 3.06. The van der Waals surface area contributed by atoms with Crippen LogP contribution in [0.5, 0.6) is 0 Å². The van der Waals surface area contributed by atoms with E-state index in [1.807, 2.05) is 7.05 Å². The van der Waals surface area contributed by atoms with Crippen LogP contribution in [0.15, 0.2) is 0 Å². The van der Waals surface area contributed by atoms with Gasteiger partial charge in [-0.1, -0.05) is 26.0 Å².